The Morgan fingerprint density at radius 2 is 1.49 bits per heavy atom. The van der Waals surface area contributed by atoms with Crippen molar-refractivity contribution in [2.75, 3.05) is 7.11 Å². The highest BCUT2D eigenvalue weighted by atomic mass is 16.5. The average molecular weight is 495 g/mol. The molecule has 2 heterocycles. The van der Waals surface area contributed by atoms with E-state index in [2.05, 4.69) is 4.98 Å². The zero-order chi connectivity index (χ0) is 25.9. The summed E-state index contributed by atoms with van der Waals surface area (Å²) in [5, 5.41) is 0. The molecular weight excluding hydrogens is 468 g/mol. The standard InChI is InChI=1S/C29H26N4O4/c1-20(34)23-13-14-25(37-2)24(15-23)18-33-28(35)26-27(30-19-31(26)16-21-9-5-3-6-10-21)32(29(33)36)17-22-11-7-4-8-12-22/h3-15,19H,16-18H2,1-2H3. The SMILES string of the molecule is COc1ccc(C(C)=O)cc1Cn1c(=O)c2c(ncn2Cc2ccccc2)n(Cc2ccccc2)c1=O. The van der Waals surface area contributed by atoms with Gasteiger partial charge in [-0.25, -0.2) is 9.78 Å². The second kappa shape index (κ2) is 10.1. The Labute approximate surface area is 213 Å². The van der Waals surface area contributed by atoms with Crippen molar-refractivity contribution in [3.63, 3.8) is 0 Å². The van der Waals surface area contributed by atoms with Crippen LogP contribution in [0.4, 0.5) is 0 Å². The largest absolute Gasteiger partial charge is 0.496 e. The third kappa shape index (κ3) is 4.73. The highest BCUT2D eigenvalue weighted by Crippen LogP contribution is 2.21. The van der Waals surface area contributed by atoms with Crippen molar-refractivity contribution in [2.24, 2.45) is 0 Å². The summed E-state index contributed by atoms with van der Waals surface area (Å²) in [7, 11) is 1.51. The van der Waals surface area contributed by atoms with Crippen LogP contribution in [-0.2, 0) is 19.6 Å². The molecule has 0 unspecified atom stereocenters. The number of ketones is 1. The fourth-order valence-corrected chi connectivity index (χ4v) is 4.48. The lowest BCUT2D eigenvalue weighted by molar-refractivity contribution is 0.101. The van der Waals surface area contributed by atoms with E-state index in [0.717, 1.165) is 11.1 Å². The zero-order valence-electron chi connectivity index (χ0n) is 20.6. The summed E-state index contributed by atoms with van der Waals surface area (Å²) < 4.78 is 9.96. The number of benzene rings is 3. The maximum Gasteiger partial charge on any atom is 0.333 e. The van der Waals surface area contributed by atoms with Crippen molar-refractivity contribution in [2.45, 2.75) is 26.6 Å². The van der Waals surface area contributed by atoms with Crippen LogP contribution in [0, 0.1) is 0 Å². The first-order valence-corrected chi connectivity index (χ1v) is 11.9. The molecule has 8 nitrogen and oxygen atoms in total. The van der Waals surface area contributed by atoms with E-state index >= 15 is 0 Å². The third-order valence-electron chi connectivity index (χ3n) is 6.38. The Balaban J connectivity index is 1.71. The van der Waals surface area contributed by atoms with Crippen LogP contribution in [0.15, 0.2) is 94.8 Å². The number of Topliss-reactive ketones (excluding diaryl/α,β-unsaturated/α-hetero) is 1. The molecule has 0 saturated carbocycles. The van der Waals surface area contributed by atoms with Crippen LogP contribution < -0.4 is 16.0 Å². The zero-order valence-corrected chi connectivity index (χ0v) is 20.6. The summed E-state index contributed by atoms with van der Waals surface area (Å²) in [4.78, 5) is 44.1. The minimum atomic E-state index is -0.485. The molecule has 0 amide bonds. The van der Waals surface area contributed by atoms with E-state index in [-0.39, 0.29) is 18.9 Å². The summed E-state index contributed by atoms with van der Waals surface area (Å²) in [5.41, 5.74) is 2.68. The fourth-order valence-electron chi connectivity index (χ4n) is 4.48. The number of ether oxygens (including phenoxy) is 1. The van der Waals surface area contributed by atoms with Gasteiger partial charge in [0.15, 0.2) is 16.9 Å². The van der Waals surface area contributed by atoms with Crippen LogP contribution in [-0.4, -0.2) is 31.6 Å². The van der Waals surface area contributed by atoms with Crippen molar-refractivity contribution in [3.05, 3.63) is 128 Å². The maximum absolute atomic E-state index is 13.8. The summed E-state index contributed by atoms with van der Waals surface area (Å²) in [6.45, 7) is 2.10. The van der Waals surface area contributed by atoms with E-state index in [1.165, 1.54) is 23.2 Å². The summed E-state index contributed by atoms with van der Waals surface area (Å²) in [5.74, 6) is 0.373. The molecule has 0 N–H and O–H groups in total. The van der Waals surface area contributed by atoms with E-state index in [1.807, 2.05) is 60.7 Å². The molecule has 0 atom stereocenters. The van der Waals surface area contributed by atoms with Crippen molar-refractivity contribution in [3.8, 4) is 5.75 Å². The van der Waals surface area contributed by atoms with Crippen molar-refractivity contribution in [1.29, 1.82) is 0 Å². The van der Waals surface area contributed by atoms with Gasteiger partial charge in [-0.05, 0) is 36.2 Å². The number of rotatable bonds is 8. The van der Waals surface area contributed by atoms with Gasteiger partial charge in [0.25, 0.3) is 5.56 Å². The lowest BCUT2D eigenvalue weighted by atomic mass is 10.1. The van der Waals surface area contributed by atoms with Crippen LogP contribution in [0.1, 0.15) is 34.0 Å². The first-order valence-electron chi connectivity index (χ1n) is 11.9. The van der Waals surface area contributed by atoms with E-state index in [4.69, 9.17) is 4.74 Å². The molecule has 0 aliphatic rings. The minimum absolute atomic E-state index is 0.0524. The lowest BCUT2D eigenvalue weighted by Gasteiger charge is -2.15. The average Bonchev–Trinajstić information content (AvgIpc) is 3.33. The smallest absolute Gasteiger partial charge is 0.333 e. The lowest BCUT2D eigenvalue weighted by Crippen LogP contribution is -2.41. The Kier molecular flexibility index (Phi) is 6.55. The number of carbonyl (C=O) groups excluding carboxylic acids is 1. The molecule has 5 rings (SSSR count). The van der Waals surface area contributed by atoms with Crippen LogP contribution in [0.25, 0.3) is 11.2 Å². The molecule has 0 saturated heterocycles. The Morgan fingerprint density at radius 1 is 0.838 bits per heavy atom. The summed E-state index contributed by atoms with van der Waals surface area (Å²) in [6.07, 6.45) is 1.60. The molecular formula is C29H26N4O4. The molecule has 0 aliphatic carbocycles. The molecule has 186 valence electrons. The van der Waals surface area contributed by atoms with Crippen molar-refractivity contribution < 1.29 is 9.53 Å². The fraction of sp³-hybridized carbons (Fsp3) is 0.172. The molecule has 0 spiro atoms. The molecule has 0 bridgehead atoms. The first kappa shape index (κ1) is 24.0. The molecule has 0 aliphatic heterocycles. The minimum Gasteiger partial charge on any atom is -0.496 e. The van der Waals surface area contributed by atoms with Gasteiger partial charge < -0.3 is 9.30 Å². The molecule has 5 aromatic rings. The normalized spacial score (nSPS) is 11.1. The van der Waals surface area contributed by atoms with Gasteiger partial charge in [0.2, 0.25) is 0 Å². The number of fused-ring (bicyclic) bond motifs is 1. The van der Waals surface area contributed by atoms with Gasteiger partial charge in [-0.3, -0.25) is 18.7 Å². The van der Waals surface area contributed by atoms with Crippen LogP contribution in [0.3, 0.4) is 0 Å². The quantitative estimate of drug-likeness (QED) is 0.307. The maximum atomic E-state index is 13.8. The van der Waals surface area contributed by atoms with E-state index < -0.39 is 11.2 Å². The van der Waals surface area contributed by atoms with Crippen LogP contribution in [0.2, 0.25) is 0 Å². The highest BCUT2D eigenvalue weighted by molar-refractivity contribution is 5.94. The van der Waals surface area contributed by atoms with Gasteiger partial charge in [0.05, 0.1) is 26.5 Å². The highest BCUT2D eigenvalue weighted by Gasteiger charge is 2.20. The number of carbonyl (C=O) groups is 1. The monoisotopic (exact) mass is 494 g/mol. The summed E-state index contributed by atoms with van der Waals surface area (Å²) in [6, 6.07) is 24.3. The number of methoxy groups -OCH3 is 1. The molecule has 8 heteroatoms. The van der Waals surface area contributed by atoms with Crippen molar-refractivity contribution >= 4 is 16.9 Å². The Hall–Kier alpha value is -4.72. The van der Waals surface area contributed by atoms with Crippen molar-refractivity contribution in [1.82, 2.24) is 18.7 Å². The second-order valence-electron chi connectivity index (χ2n) is 8.86. The number of hydrogen-bond donors (Lipinski definition) is 0. The number of aromatic nitrogens is 4. The van der Waals surface area contributed by atoms with Crippen LogP contribution >= 0.6 is 0 Å². The van der Waals surface area contributed by atoms with Gasteiger partial charge in [0.1, 0.15) is 5.75 Å². The summed E-state index contributed by atoms with van der Waals surface area (Å²) >= 11 is 0. The van der Waals surface area contributed by atoms with Gasteiger partial charge >= 0.3 is 5.69 Å². The third-order valence-corrected chi connectivity index (χ3v) is 6.38. The number of hydrogen-bond acceptors (Lipinski definition) is 5. The van der Waals surface area contributed by atoms with E-state index in [1.54, 1.807) is 29.1 Å². The van der Waals surface area contributed by atoms with E-state index in [9.17, 15) is 14.4 Å². The van der Waals surface area contributed by atoms with Gasteiger partial charge in [-0.15, -0.1) is 0 Å². The van der Waals surface area contributed by atoms with Gasteiger partial charge in [-0.1, -0.05) is 60.7 Å². The topological polar surface area (TPSA) is 88.1 Å². The van der Waals surface area contributed by atoms with Gasteiger partial charge in [-0.2, -0.15) is 0 Å². The molecule has 3 aromatic carbocycles. The molecule has 0 fully saturated rings. The Bertz CT molecular complexity index is 1700. The molecule has 0 radical (unpaired) electrons. The van der Waals surface area contributed by atoms with Gasteiger partial charge in [0, 0.05) is 17.7 Å². The van der Waals surface area contributed by atoms with E-state index in [0.29, 0.717) is 34.6 Å². The molecule has 37 heavy (non-hydrogen) atoms. The Morgan fingerprint density at radius 3 is 2.11 bits per heavy atom. The number of imidazole rings is 1. The predicted octanol–water partition coefficient (Wildman–Crippen LogP) is 3.72. The van der Waals surface area contributed by atoms with Crippen LogP contribution in [0.5, 0.6) is 5.75 Å². The second-order valence-corrected chi connectivity index (χ2v) is 8.86. The first-order chi connectivity index (χ1) is 18.0. The molecule has 2 aromatic heterocycles. The number of nitrogens with zero attached hydrogens (tertiary/aromatic N) is 4. The predicted molar refractivity (Wildman–Crippen MR) is 141 cm³/mol.